The minimum Gasteiger partial charge on any atom is -0.340 e. The Bertz CT molecular complexity index is 1420. The highest BCUT2D eigenvalue weighted by atomic mass is 16.2. The number of anilines is 1. The molecule has 0 aliphatic rings. The molecule has 4 rings (SSSR count). The number of rotatable bonds is 8. The van der Waals surface area contributed by atoms with Gasteiger partial charge in [-0.3, -0.25) is 9.59 Å². The largest absolute Gasteiger partial charge is 0.340 e. The van der Waals surface area contributed by atoms with Crippen molar-refractivity contribution < 1.29 is 9.59 Å². The molecule has 1 aromatic heterocycles. The summed E-state index contributed by atoms with van der Waals surface area (Å²) in [6.07, 6.45) is 3.54. The van der Waals surface area contributed by atoms with Crippen molar-refractivity contribution in [1.29, 1.82) is 0 Å². The van der Waals surface area contributed by atoms with Gasteiger partial charge >= 0.3 is 0 Å². The summed E-state index contributed by atoms with van der Waals surface area (Å²) in [7, 11) is 0. The summed E-state index contributed by atoms with van der Waals surface area (Å²) >= 11 is 0. The molecule has 2 N–H and O–H groups in total. The first-order valence-corrected chi connectivity index (χ1v) is 12.8. The number of hydrogen-bond acceptors (Lipinski definition) is 3. The molecule has 1 atom stereocenters. The zero-order valence-electron chi connectivity index (χ0n) is 22.3. The maximum Gasteiger partial charge on any atom is 0.248 e. The third-order valence-electron chi connectivity index (χ3n) is 6.22. The topological polar surface area (TPSA) is 76.0 Å². The van der Waals surface area contributed by atoms with E-state index in [-0.39, 0.29) is 17.2 Å². The van der Waals surface area contributed by atoms with Gasteiger partial charge in [0.1, 0.15) is 11.9 Å². The SMILES string of the molecule is Cc1ccccc1-n1nc(C(C)(C)C)cc1NC(=O)C(Cc1ccccc1)NC(=O)/C=C/c1ccccc1. The van der Waals surface area contributed by atoms with Crippen LogP contribution < -0.4 is 10.6 Å². The highest BCUT2D eigenvalue weighted by Crippen LogP contribution is 2.27. The Hall–Kier alpha value is -4.45. The van der Waals surface area contributed by atoms with Gasteiger partial charge in [-0.05, 0) is 35.8 Å². The van der Waals surface area contributed by atoms with E-state index in [1.807, 2.05) is 97.9 Å². The van der Waals surface area contributed by atoms with E-state index in [9.17, 15) is 9.59 Å². The van der Waals surface area contributed by atoms with Crippen LogP contribution in [-0.4, -0.2) is 27.6 Å². The van der Waals surface area contributed by atoms with Crippen LogP contribution in [-0.2, 0) is 21.4 Å². The van der Waals surface area contributed by atoms with Crippen LogP contribution in [0.4, 0.5) is 5.82 Å². The number of aromatic nitrogens is 2. The Balaban J connectivity index is 1.62. The van der Waals surface area contributed by atoms with Crippen molar-refractivity contribution >= 4 is 23.7 Å². The average molecular weight is 507 g/mol. The Morgan fingerprint density at radius 2 is 1.55 bits per heavy atom. The molecule has 0 radical (unpaired) electrons. The molecular formula is C32H34N4O2. The normalized spacial score (nSPS) is 12.3. The first-order valence-electron chi connectivity index (χ1n) is 12.8. The van der Waals surface area contributed by atoms with Gasteiger partial charge in [0, 0.05) is 24.0 Å². The molecule has 1 heterocycles. The monoisotopic (exact) mass is 506 g/mol. The summed E-state index contributed by atoms with van der Waals surface area (Å²) in [5.41, 5.74) is 4.41. The first kappa shape index (κ1) is 26.6. The van der Waals surface area contributed by atoms with E-state index < -0.39 is 6.04 Å². The minimum absolute atomic E-state index is 0.215. The standard InChI is InChI=1S/C32H34N4O2/c1-23-13-11-12-18-27(23)36-29(22-28(35-36)32(2,3)4)34-31(38)26(21-25-16-9-6-10-17-25)33-30(37)20-19-24-14-7-5-8-15-24/h5-20,22,26H,21H2,1-4H3,(H,33,37)(H,34,38)/b20-19+. The fourth-order valence-corrected chi connectivity index (χ4v) is 4.05. The number of aryl methyl sites for hydroxylation is 1. The molecule has 194 valence electrons. The number of carbonyl (C=O) groups is 2. The van der Waals surface area contributed by atoms with Crippen LogP contribution in [0.1, 0.15) is 43.2 Å². The van der Waals surface area contributed by atoms with E-state index in [0.29, 0.717) is 12.2 Å². The number of nitrogens with one attached hydrogen (secondary N) is 2. The molecule has 4 aromatic rings. The number of nitrogens with zero attached hydrogens (tertiary/aromatic N) is 2. The summed E-state index contributed by atoms with van der Waals surface area (Å²) in [5, 5.41) is 10.8. The molecule has 0 saturated carbocycles. The van der Waals surface area contributed by atoms with Gasteiger partial charge in [-0.1, -0.05) is 99.6 Å². The van der Waals surface area contributed by atoms with Gasteiger partial charge in [-0.2, -0.15) is 5.10 Å². The lowest BCUT2D eigenvalue weighted by molar-refractivity contribution is -0.123. The second-order valence-corrected chi connectivity index (χ2v) is 10.3. The van der Waals surface area contributed by atoms with Crippen LogP contribution in [0.2, 0.25) is 0 Å². The van der Waals surface area contributed by atoms with Crippen LogP contribution in [0.15, 0.2) is 97.1 Å². The van der Waals surface area contributed by atoms with Gasteiger partial charge in [-0.15, -0.1) is 0 Å². The van der Waals surface area contributed by atoms with E-state index in [1.165, 1.54) is 6.08 Å². The minimum atomic E-state index is -0.788. The molecule has 0 saturated heterocycles. The van der Waals surface area contributed by atoms with Gasteiger partial charge in [0.05, 0.1) is 11.4 Å². The predicted molar refractivity (Wildman–Crippen MR) is 153 cm³/mol. The fourth-order valence-electron chi connectivity index (χ4n) is 4.05. The lowest BCUT2D eigenvalue weighted by Gasteiger charge is -2.19. The highest BCUT2D eigenvalue weighted by Gasteiger charge is 2.25. The van der Waals surface area contributed by atoms with Crippen molar-refractivity contribution in [3.05, 3.63) is 119 Å². The van der Waals surface area contributed by atoms with Crippen LogP contribution in [0.5, 0.6) is 0 Å². The van der Waals surface area contributed by atoms with E-state index in [2.05, 4.69) is 31.4 Å². The number of carbonyl (C=O) groups excluding carboxylic acids is 2. The van der Waals surface area contributed by atoms with Gasteiger partial charge in [0.2, 0.25) is 11.8 Å². The van der Waals surface area contributed by atoms with Gasteiger partial charge in [-0.25, -0.2) is 4.68 Å². The summed E-state index contributed by atoms with van der Waals surface area (Å²) in [4.78, 5) is 26.5. The van der Waals surface area contributed by atoms with E-state index in [0.717, 1.165) is 28.1 Å². The van der Waals surface area contributed by atoms with Crippen molar-refractivity contribution in [1.82, 2.24) is 15.1 Å². The van der Waals surface area contributed by atoms with Crippen molar-refractivity contribution in [2.24, 2.45) is 0 Å². The Kier molecular flexibility index (Phi) is 8.22. The quantitative estimate of drug-likeness (QED) is 0.294. The zero-order chi connectivity index (χ0) is 27.1. The van der Waals surface area contributed by atoms with Crippen molar-refractivity contribution in [3.63, 3.8) is 0 Å². The third kappa shape index (κ3) is 6.85. The summed E-state index contributed by atoms with van der Waals surface area (Å²) in [6.45, 7) is 8.26. The van der Waals surface area contributed by atoms with E-state index >= 15 is 0 Å². The molecule has 6 heteroatoms. The van der Waals surface area contributed by atoms with Crippen LogP contribution in [0.25, 0.3) is 11.8 Å². The maximum absolute atomic E-state index is 13.7. The average Bonchev–Trinajstić information content (AvgIpc) is 3.33. The van der Waals surface area contributed by atoms with Crippen LogP contribution in [0, 0.1) is 6.92 Å². The van der Waals surface area contributed by atoms with Crippen molar-refractivity contribution in [2.45, 2.75) is 45.6 Å². The summed E-state index contributed by atoms with van der Waals surface area (Å²) < 4.78 is 1.77. The lowest BCUT2D eigenvalue weighted by atomic mass is 9.92. The third-order valence-corrected chi connectivity index (χ3v) is 6.22. The number of benzene rings is 3. The molecule has 3 aromatic carbocycles. The summed E-state index contributed by atoms with van der Waals surface area (Å²) in [5.74, 6) is -0.0976. The second-order valence-electron chi connectivity index (χ2n) is 10.3. The molecule has 0 aliphatic heterocycles. The van der Waals surface area contributed by atoms with Gasteiger partial charge in [0.25, 0.3) is 0 Å². The van der Waals surface area contributed by atoms with Crippen LogP contribution >= 0.6 is 0 Å². The molecule has 1 unspecified atom stereocenters. The second kappa shape index (κ2) is 11.7. The highest BCUT2D eigenvalue weighted by molar-refractivity contribution is 6.00. The smallest absolute Gasteiger partial charge is 0.248 e. The summed E-state index contributed by atoms with van der Waals surface area (Å²) in [6, 6.07) is 28.2. The Morgan fingerprint density at radius 1 is 0.921 bits per heavy atom. The number of amides is 2. The number of hydrogen-bond donors (Lipinski definition) is 2. The van der Waals surface area contributed by atoms with Gasteiger partial charge in [0.15, 0.2) is 0 Å². The Labute approximate surface area is 224 Å². The van der Waals surface area contributed by atoms with E-state index in [1.54, 1.807) is 10.8 Å². The van der Waals surface area contributed by atoms with Crippen LogP contribution in [0.3, 0.4) is 0 Å². The van der Waals surface area contributed by atoms with Crippen molar-refractivity contribution in [2.75, 3.05) is 5.32 Å². The first-order chi connectivity index (χ1) is 18.2. The molecule has 38 heavy (non-hydrogen) atoms. The molecule has 0 fully saturated rings. The molecule has 0 bridgehead atoms. The molecule has 6 nitrogen and oxygen atoms in total. The fraction of sp³-hybridized carbons (Fsp3) is 0.219. The maximum atomic E-state index is 13.7. The molecule has 0 spiro atoms. The zero-order valence-corrected chi connectivity index (χ0v) is 22.3. The Morgan fingerprint density at radius 3 is 2.21 bits per heavy atom. The van der Waals surface area contributed by atoms with Crippen molar-refractivity contribution in [3.8, 4) is 5.69 Å². The lowest BCUT2D eigenvalue weighted by Crippen LogP contribution is -2.45. The predicted octanol–water partition coefficient (Wildman–Crippen LogP) is 5.86. The number of para-hydroxylation sites is 1. The molecule has 2 amide bonds. The van der Waals surface area contributed by atoms with Gasteiger partial charge < -0.3 is 10.6 Å². The van der Waals surface area contributed by atoms with E-state index in [4.69, 9.17) is 5.10 Å². The molecule has 0 aliphatic carbocycles. The molecular weight excluding hydrogens is 472 g/mol.